The highest BCUT2D eigenvalue weighted by atomic mass is 16.2. The zero-order valence-electron chi connectivity index (χ0n) is 10.7. The molecule has 4 N–H and O–H groups in total. The van der Waals surface area contributed by atoms with Gasteiger partial charge in [-0.3, -0.25) is 10.1 Å². The van der Waals surface area contributed by atoms with Crippen molar-refractivity contribution < 1.29 is 9.59 Å². The van der Waals surface area contributed by atoms with Gasteiger partial charge in [0.05, 0.1) is 0 Å². The lowest BCUT2D eigenvalue weighted by atomic mass is 10.1. The molecule has 0 fully saturated rings. The standard InChI is InChI=1S/C13H19N3O2/c1-3-4-10-5-7-11(8-6-10)15-9(2)12(17)16-13(14)18/h5-9,15H,3-4H2,1-2H3,(H3,14,16,17,18). The average Bonchev–Trinajstić information content (AvgIpc) is 2.31. The number of imide groups is 1. The molecule has 0 aliphatic rings. The number of rotatable bonds is 5. The number of carbonyl (C=O) groups excluding carboxylic acids is 2. The van der Waals surface area contributed by atoms with Crippen molar-refractivity contribution in [3.63, 3.8) is 0 Å². The Morgan fingerprint density at radius 3 is 2.39 bits per heavy atom. The maximum atomic E-state index is 11.5. The second kappa shape index (κ2) is 6.64. The number of nitrogens with two attached hydrogens (primary N) is 1. The molecule has 1 aromatic carbocycles. The zero-order chi connectivity index (χ0) is 13.5. The summed E-state index contributed by atoms with van der Waals surface area (Å²) < 4.78 is 0. The van der Waals surface area contributed by atoms with Gasteiger partial charge in [0.25, 0.3) is 0 Å². The van der Waals surface area contributed by atoms with E-state index in [0.717, 1.165) is 18.5 Å². The topological polar surface area (TPSA) is 84.2 Å². The van der Waals surface area contributed by atoms with Gasteiger partial charge in [0.15, 0.2) is 0 Å². The van der Waals surface area contributed by atoms with Crippen LogP contribution >= 0.6 is 0 Å². The highest BCUT2D eigenvalue weighted by Gasteiger charge is 2.13. The Kier molecular flexibility index (Phi) is 5.17. The summed E-state index contributed by atoms with van der Waals surface area (Å²) in [4.78, 5) is 22.0. The largest absolute Gasteiger partial charge is 0.374 e. The quantitative estimate of drug-likeness (QED) is 0.741. The van der Waals surface area contributed by atoms with Crippen LogP contribution in [0.15, 0.2) is 24.3 Å². The fraction of sp³-hybridized carbons (Fsp3) is 0.385. The molecule has 0 aliphatic heterocycles. The van der Waals surface area contributed by atoms with Crippen LogP contribution in [0, 0.1) is 0 Å². The summed E-state index contributed by atoms with van der Waals surface area (Å²) in [6.07, 6.45) is 2.14. The number of benzene rings is 1. The normalized spacial score (nSPS) is 11.7. The summed E-state index contributed by atoms with van der Waals surface area (Å²) in [6.45, 7) is 3.79. The molecule has 3 amide bonds. The number of aryl methyl sites for hydroxylation is 1. The van der Waals surface area contributed by atoms with Crippen LogP contribution in [0.25, 0.3) is 0 Å². The van der Waals surface area contributed by atoms with Crippen LogP contribution in [-0.2, 0) is 11.2 Å². The third kappa shape index (κ3) is 4.45. The number of hydrogen-bond donors (Lipinski definition) is 3. The van der Waals surface area contributed by atoms with Crippen molar-refractivity contribution in [2.75, 3.05) is 5.32 Å². The summed E-state index contributed by atoms with van der Waals surface area (Å²) in [5.74, 6) is -0.444. The molecule has 0 radical (unpaired) electrons. The molecule has 0 aromatic heterocycles. The highest BCUT2D eigenvalue weighted by molar-refractivity contribution is 5.97. The lowest BCUT2D eigenvalue weighted by Gasteiger charge is -2.14. The molecule has 1 rings (SSSR count). The van der Waals surface area contributed by atoms with E-state index < -0.39 is 18.0 Å². The van der Waals surface area contributed by atoms with E-state index in [4.69, 9.17) is 5.73 Å². The molecular weight excluding hydrogens is 230 g/mol. The van der Waals surface area contributed by atoms with E-state index in [2.05, 4.69) is 12.2 Å². The molecule has 18 heavy (non-hydrogen) atoms. The number of hydrogen-bond acceptors (Lipinski definition) is 3. The van der Waals surface area contributed by atoms with Crippen LogP contribution in [0.5, 0.6) is 0 Å². The van der Waals surface area contributed by atoms with Crippen molar-refractivity contribution in [1.29, 1.82) is 0 Å². The van der Waals surface area contributed by atoms with Crippen LogP contribution in [0.3, 0.4) is 0 Å². The molecule has 98 valence electrons. The Hall–Kier alpha value is -2.04. The van der Waals surface area contributed by atoms with Crippen LogP contribution < -0.4 is 16.4 Å². The van der Waals surface area contributed by atoms with Crippen LogP contribution in [-0.4, -0.2) is 18.0 Å². The molecule has 5 heteroatoms. The first-order chi connectivity index (χ1) is 8.52. The molecule has 1 aromatic rings. The number of nitrogens with one attached hydrogen (secondary N) is 2. The second-order valence-corrected chi connectivity index (χ2v) is 4.17. The Labute approximate surface area is 107 Å². The molecule has 0 aliphatic carbocycles. The minimum absolute atomic E-state index is 0.444. The average molecular weight is 249 g/mol. The number of carbonyl (C=O) groups is 2. The summed E-state index contributed by atoms with van der Waals surface area (Å²) in [7, 11) is 0. The fourth-order valence-corrected chi connectivity index (χ4v) is 1.60. The monoisotopic (exact) mass is 249 g/mol. The van der Waals surface area contributed by atoms with Gasteiger partial charge in [-0.2, -0.15) is 0 Å². The van der Waals surface area contributed by atoms with Crippen molar-refractivity contribution in [1.82, 2.24) is 5.32 Å². The predicted molar refractivity (Wildman–Crippen MR) is 71.2 cm³/mol. The van der Waals surface area contributed by atoms with E-state index in [1.807, 2.05) is 29.6 Å². The van der Waals surface area contributed by atoms with Gasteiger partial charge in [-0.25, -0.2) is 4.79 Å². The zero-order valence-corrected chi connectivity index (χ0v) is 10.7. The van der Waals surface area contributed by atoms with E-state index in [-0.39, 0.29) is 0 Å². The molecule has 0 saturated heterocycles. The molecule has 0 spiro atoms. The van der Waals surface area contributed by atoms with Gasteiger partial charge in [0.2, 0.25) is 5.91 Å². The van der Waals surface area contributed by atoms with Gasteiger partial charge in [-0.15, -0.1) is 0 Å². The van der Waals surface area contributed by atoms with Crippen molar-refractivity contribution in [3.05, 3.63) is 29.8 Å². The first kappa shape index (κ1) is 14.0. The highest BCUT2D eigenvalue weighted by Crippen LogP contribution is 2.12. The van der Waals surface area contributed by atoms with Crippen molar-refractivity contribution in [2.45, 2.75) is 32.7 Å². The minimum Gasteiger partial charge on any atom is -0.374 e. The first-order valence-electron chi connectivity index (χ1n) is 5.98. The number of primary amides is 1. The number of urea groups is 1. The summed E-state index contributed by atoms with van der Waals surface area (Å²) in [5, 5.41) is 5.03. The Bertz CT molecular complexity index is 415. The third-order valence-corrected chi connectivity index (χ3v) is 2.52. The van der Waals surface area contributed by atoms with E-state index in [0.29, 0.717) is 0 Å². The third-order valence-electron chi connectivity index (χ3n) is 2.52. The Morgan fingerprint density at radius 2 is 1.89 bits per heavy atom. The minimum atomic E-state index is -0.841. The lowest BCUT2D eigenvalue weighted by molar-refractivity contribution is -0.120. The molecule has 0 saturated carbocycles. The first-order valence-corrected chi connectivity index (χ1v) is 5.98. The lowest BCUT2D eigenvalue weighted by Crippen LogP contribution is -2.43. The maximum Gasteiger partial charge on any atom is 0.318 e. The number of anilines is 1. The van der Waals surface area contributed by atoms with Crippen molar-refractivity contribution >= 4 is 17.6 Å². The van der Waals surface area contributed by atoms with Crippen LogP contribution in [0.1, 0.15) is 25.8 Å². The van der Waals surface area contributed by atoms with E-state index in [9.17, 15) is 9.59 Å². The van der Waals surface area contributed by atoms with Gasteiger partial charge in [0, 0.05) is 5.69 Å². The van der Waals surface area contributed by atoms with Crippen LogP contribution in [0.2, 0.25) is 0 Å². The molecule has 0 heterocycles. The molecule has 0 bridgehead atoms. The van der Waals surface area contributed by atoms with Crippen LogP contribution in [0.4, 0.5) is 10.5 Å². The number of amides is 3. The Balaban J connectivity index is 2.56. The second-order valence-electron chi connectivity index (χ2n) is 4.17. The maximum absolute atomic E-state index is 11.5. The molecular formula is C13H19N3O2. The van der Waals surface area contributed by atoms with Gasteiger partial charge in [-0.1, -0.05) is 25.5 Å². The molecule has 5 nitrogen and oxygen atoms in total. The van der Waals surface area contributed by atoms with E-state index in [1.54, 1.807) is 6.92 Å². The Morgan fingerprint density at radius 1 is 1.28 bits per heavy atom. The van der Waals surface area contributed by atoms with Gasteiger partial charge >= 0.3 is 6.03 Å². The van der Waals surface area contributed by atoms with E-state index >= 15 is 0 Å². The van der Waals surface area contributed by atoms with Crippen molar-refractivity contribution in [2.24, 2.45) is 5.73 Å². The fourth-order valence-electron chi connectivity index (χ4n) is 1.60. The van der Waals surface area contributed by atoms with Gasteiger partial charge in [0.1, 0.15) is 6.04 Å². The summed E-state index contributed by atoms with van der Waals surface area (Å²) >= 11 is 0. The predicted octanol–water partition coefficient (Wildman–Crippen LogP) is 1.63. The van der Waals surface area contributed by atoms with Crippen molar-refractivity contribution in [3.8, 4) is 0 Å². The van der Waals surface area contributed by atoms with Gasteiger partial charge in [-0.05, 0) is 31.0 Å². The summed E-state index contributed by atoms with van der Waals surface area (Å²) in [5.41, 5.74) is 6.98. The SMILES string of the molecule is CCCc1ccc(NC(C)C(=O)NC(N)=O)cc1. The molecule has 1 atom stereocenters. The van der Waals surface area contributed by atoms with Gasteiger partial charge < -0.3 is 11.1 Å². The smallest absolute Gasteiger partial charge is 0.318 e. The van der Waals surface area contributed by atoms with E-state index in [1.165, 1.54) is 5.56 Å². The molecule has 1 unspecified atom stereocenters. The summed E-state index contributed by atoms with van der Waals surface area (Å²) in [6, 6.07) is 6.51.